The summed E-state index contributed by atoms with van der Waals surface area (Å²) in [6, 6.07) is 10.1. The van der Waals surface area contributed by atoms with Crippen LogP contribution in [-0.4, -0.2) is 25.3 Å². The van der Waals surface area contributed by atoms with Crippen molar-refractivity contribution < 1.29 is 13.2 Å². The molecule has 3 aromatic rings. The number of nitrogens with one attached hydrogen (secondary N) is 1. The van der Waals surface area contributed by atoms with Gasteiger partial charge in [0.15, 0.2) is 0 Å². The molecule has 1 N–H and O–H groups in total. The third-order valence-corrected chi connectivity index (χ3v) is 7.24. The van der Waals surface area contributed by atoms with Crippen LogP contribution in [0.5, 0.6) is 5.75 Å². The zero-order chi connectivity index (χ0) is 18.9. The van der Waals surface area contributed by atoms with Crippen LogP contribution >= 0.6 is 22.9 Å². The third-order valence-electron chi connectivity index (χ3n) is 3.98. The molecule has 6 nitrogen and oxygen atoms in total. The van der Waals surface area contributed by atoms with Gasteiger partial charge >= 0.3 is 0 Å². The first kappa shape index (κ1) is 18.9. The average Bonchev–Trinajstić information content (AvgIpc) is 3.21. The van der Waals surface area contributed by atoms with Gasteiger partial charge in [0, 0.05) is 17.3 Å². The molecule has 1 atom stereocenters. The molecule has 9 heteroatoms. The lowest BCUT2D eigenvalue weighted by molar-refractivity contribution is 0.414. The highest BCUT2D eigenvalue weighted by Gasteiger charge is 2.23. The van der Waals surface area contributed by atoms with Crippen LogP contribution in [0.2, 0.25) is 4.34 Å². The summed E-state index contributed by atoms with van der Waals surface area (Å²) in [5.41, 5.74) is 2.52. The fraction of sp³-hybridized carbons (Fsp3) is 0.235. The molecule has 0 radical (unpaired) electrons. The summed E-state index contributed by atoms with van der Waals surface area (Å²) in [6.07, 6.45) is 1.67. The molecule has 26 heavy (non-hydrogen) atoms. The number of sulfonamides is 1. The van der Waals surface area contributed by atoms with Crippen LogP contribution in [0.3, 0.4) is 0 Å². The first-order chi connectivity index (χ1) is 12.3. The van der Waals surface area contributed by atoms with E-state index in [0.717, 1.165) is 34.0 Å². The van der Waals surface area contributed by atoms with Crippen LogP contribution in [-0.2, 0) is 10.0 Å². The molecule has 1 aromatic carbocycles. The van der Waals surface area contributed by atoms with E-state index in [-0.39, 0.29) is 4.21 Å². The van der Waals surface area contributed by atoms with Crippen LogP contribution < -0.4 is 9.46 Å². The van der Waals surface area contributed by atoms with Crippen LogP contribution in [0.25, 0.3) is 5.69 Å². The molecule has 0 unspecified atom stereocenters. The van der Waals surface area contributed by atoms with Crippen molar-refractivity contribution in [2.45, 2.75) is 24.1 Å². The molecule has 0 aliphatic rings. The average molecular weight is 412 g/mol. The van der Waals surface area contributed by atoms with E-state index in [0.29, 0.717) is 4.34 Å². The summed E-state index contributed by atoms with van der Waals surface area (Å²) >= 11 is 6.87. The highest BCUT2D eigenvalue weighted by atomic mass is 35.5. The monoisotopic (exact) mass is 411 g/mol. The molecule has 138 valence electrons. The quantitative estimate of drug-likeness (QED) is 0.666. The first-order valence-corrected chi connectivity index (χ1v) is 10.5. The van der Waals surface area contributed by atoms with Gasteiger partial charge in [0.2, 0.25) is 0 Å². The topological polar surface area (TPSA) is 73.2 Å². The molecule has 0 spiro atoms. The van der Waals surface area contributed by atoms with E-state index >= 15 is 0 Å². The summed E-state index contributed by atoms with van der Waals surface area (Å²) in [7, 11) is -2.03. The molecule has 0 aliphatic heterocycles. The minimum atomic E-state index is -3.64. The Morgan fingerprint density at radius 2 is 1.92 bits per heavy atom. The zero-order valence-electron chi connectivity index (χ0n) is 14.4. The molecule has 3 rings (SSSR count). The van der Waals surface area contributed by atoms with Gasteiger partial charge in [-0.3, -0.25) is 0 Å². The van der Waals surface area contributed by atoms with Gasteiger partial charge in [-0.25, -0.2) is 17.8 Å². The van der Waals surface area contributed by atoms with Gasteiger partial charge in [-0.2, -0.15) is 5.10 Å². The SMILES string of the molecule is COc1ccc(-n2ncc([C@H](C)NS(=O)(=O)c3ccc(Cl)s3)c2C)cc1. The number of methoxy groups -OCH3 is 1. The molecule has 0 amide bonds. The maximum absolute atomic E-state index is 12.5. The van der Waals surface area contributed by atoms with Gasteiger partial charge in [0.25, 0.3) is 10.0 Å². The predicted octanol–water partition coefficient (Wildman–Crippen LogP) is 3.94. The van der Waals surface area contributed by atoms with Crippen LogP contribution in [0.4, 0.5) is 0 Å². The summed E-state index contributed by atoms with van der Waals surface area (Å²) in [6.45, 7) is 3.69. The van der Waals surface area contributed by atoms with Gasteiger partial charge in [0.05, 0.1) is 23.3 Å². The number of hydrogen-bond acceptors (Lipinski definition) is 5. The van der Waals surface area contributed by atoms with Crippen molar-refractivity contribution in [1.29, 1.82) is 0 Å². The van der Waals surface area contributed by atoms with Gasteiger partial charge < -0.3 is 4.74 Å². The Morgan fingerprint density at radius 1 is 1.23 bits per heavy atom. The predicted molar refractivity (Wildman–Crippen MR) is 103 cm³/mol. The Kier molecular flexibility index (Phi) is 5.38. The molecule has 0 saturated heterocycles. The van der Waals surface area contributed by atoms with Crippen LogP contribution in [0, 0.1) is 6.92 Å². The van der Waals surface area contributed by atoms with E-state index in [1.54, 1.807) is 31.0 Å². The fourth-order valence-electron chi connectivity index (χ4n) is 2.63. The molecular weight excluding hydrogens is 394 g/mol. The summed E-state index contributed by atoms with van der Waals surface area (Å²) in [5.74, 6) is 0.759. The number of hydrogen-bond donors (Lipinski definition) is 1. The van der Waals surface area contributed by atoms with Gasteiger partial charge in [-0.05, 0) is 50.2 Å². The summed E-state index contributed by atoms with van der Waals surface area (Å²) in [4.78, 5) is 0. The number of halogens is 1. The Balaban J connectivity index is 1.84. The molecular formula is C17H18ClN3O3S2. The largest absolute Gasteiger partial charge is 0.497 e. The van der Waals surface area contributed by atoms with Crippen LogP contribution in [0.1, 0.15) is 24.2 Å². The number of benzene rings is 1. The molecule has 0 bridgehead atoms. The highest BCUT2D eigenvalue weighted by Crippen LogP contribution is 2.28. The molecule has 2 aromatic heterocycles. The Morgan fingerprint density at radius 3 is 2.50 bits per heavy atom. The lowest BCUT2D eigenvalue weighted by Gasteiger charge is -2.14. The van der Waals surface area contributed by atoms with Gasteiger partial charge in [-0.15, -0.1) is 11.3 Å². The lowest BCUT2D eigenvalue weighted by atomic mass is 10.1. The van der Waals surface area contributed by atoms with E-state index in [2.05, 4.69) is 9.82 Å². The van der Waals surface area contributed by atoms with Crippen molar-refractivity contribution in [3.05, 3.63) is 58.2 Å². The van der Waals surface area contributed by atoms with Crippen LogP contribution in [0.15, 0.2) is 46.8 Å². The Labute approximate surface area is 161 Å². The summed E-state index contributed by atoms with van der Waals surface area (Å²) in [5, 5.41) is 4.39. The van der Waals surface area contributed by atoms with Crippen molar-refractivity contribution >= 4 is 33.0 Å². The highest BCUT2D eigenvalue weighted by molar-refractivity contribution is 7.91. The van der Waals surface area contributed by atoms with E-state index < -0.39 is 16.1 Å². The number of aromatic nitrogens is 2. The third kappa shape index (κ3) is 3.78. The zero-order valence-corrected chi connectivity index (χ0v) is 16.8. The number of nitrogens with zero attached hydrogens (tertiary/aromatic N) is 2. The van der Waals surface area contributed by atoms with Crippen molar-refractivity contribution in [3.63, 3.8) is 0 Å². The smallest absolute Gasteiger partial charge is 0.250 e. The maximum Gasteiger partial charge on any atom is 0.250 e. The van der Waals surface area contributed by atoms with E-state index in [4.69, 9.17) is 16.3 Å². The Bertz CT molecular complexity index is 1010. The van der Waals surface area contributed by atoms with Crippen molar-refractivity contribution in [1.82, 2.24) is 14.5 Å². The normalized spacial score (nSPS) is 12.9. The minimum absolute atomic E-state index is 0.189. The maximum atomic E-state index is 12.5. The fourth-order valence-corrected chi connectivity index (χ4v) is 5.35. The van der Waals surface area contributed by atoms with Crippen molar-refractivity contribution in [2.75, 3.05) is 7.11 Å². The molecule has 0 saturated carbocycles. The Hall–Kier alpha value is -1.87. The molecule has 0 fully saturated rings. The second-order valence-corrected chi connectivity index (χ2v) is 9.35. The van der Waals surface area contributed by atoms with Gasteiger partial charge in [0.1, 0.15) is 9.96 Å². The number of rotatable bonds is 6. The second kappa shape index (κ2) is 7.40. The van der Waals surface area contributed by atoms with Crippen molar-refractivity contribution in [2.24, 2.45) is 0 Å². The van der Waals surface area contributed by atoms with E-state index in [9.17, 15) is 8.42 Å². The number of thiophene rings is 1. The van der Waals surface area contributed by atoms with Crippen molar-refractivity contribution in [3.8, 4) is 11.4 Å². The molecule has 2 heterocycles. The minimum Gasteiger partial charge on any atom is -0.497 e. The van der Waals surface area contributed by atoms with Gasteiger partial charge in [-0.1, -0.05) is 11.6 Å². The number of ether oxygens (including phenoxy) is 1. The summed E-state index contributed by atoms with van der Waals surface area (Å²) < 4.78 is 35.2. The molecule has 0 aliphatic carbocycles. The second-order valence-electron chi connectivity index (χ2n) is 5.70. The first-order valence-electron chi connectivity index (χ1n) is 7.78. The standard InChI is InChI=1S/C17H18ClN3O3S2/c1-11(20-26(22,23)17-9-8-16(18)25-17)15-10-19-21(12(15)2)13-4-6-14(24-3)7-5-13/h4-11,20H,1-3H3/t11-/m0/s1. The lowest BCUT2D eigenvalue weighted by Crippen LogP contribution is -2.26. The van der Waals surface area contributed by atoms with E-state index in [1.807, 2.05) is 31.2 Å². The van der Waals surface area contributed by atoms with E-state index in [1.165, 1.54) is 6.07 Å².